The van der Waals surface area contributed by atoms with E-state index in [1.807, 2.05) is 0 Å². The van der Waals surface area contributed by atoms with Crippen LogP contribution >= 0.6 is 27.5 Å². The summed E-state index contributed by atoms with van der Waals surface area (Å²) in [5.41, 5.74) is 6.62. The van der Waals surface area contributed by atoms with Crippen LogP contribution in [-0.4, -0.2) is 15.5 Å². The van der Waals surface area contributed by atoms with E-state index in [2.05, 4.69) is 15.9 Å². The minimum atomic E-state index is -3.75. The molecule has 0 spiro atoms. The molecule has 106 valence electrons. The Morgan fingerprint density at radius 3 is 2.45 bits per heavy atom. The van der Waals surface area contributed by atoms with Gasteiger partial charge < -0.3 is 5.73 Å². The zero-order valence-corrected chi connectivity index (χ0v) is 13.7. The van der Waals surface area contributed by atoms with Crippen LogP contribution in [0, 0.1) is 0 Å². The molecule has 4 nitrogen and oxygen atoms in total. The molecule has 0 unspecified atom stereocenters. The third-order valence-corrected chi connectivity index (χ3v) is 5.57. The van der Waals surface area contributed by atoms with Crippen molar-refractivity contribution >= 4 is 48.9 Å². The second kappa shape index (κ2) is 5.63. The monoisotopic (exact) mass is 374 g/mol. The van der Waals surface area contributed by atoms with Gasteiger partial charge in [0.2, 0.25) is 0 Å². The fourth-order valence-corrected chi connectivity index (χ4v) is 3.84. The van der Waals surface area contributed by atoms with Crippen molar-refractivity contribution < 1.29 is 8.42 Å². The van der Waals surface area contributed by atoms with Crippen molar-refractivity contribution in [2.24, 2.45) is 0 Å². The van der Waals surface area contributed by atoms with Crippen molar-refractivity contribution in [2.75, 3.05) is 17.1 Å². The Morgan fingerprint density at radius 2 is 1.85 bits per heavy atom. The third kappa shape index (κ3) is 2.77. The molecule has 0 aliphatic heterocycles. The van der Waals surface area contributed by atoms with Crippen LogP contribution in [0.3, 0.4) is 0 Å². The van der Waals surface area contributed by atoms with Crippen LogP contribution in [0.25, 0.3) is 0 Å². The van der Waals surface area contributed by atoms with E-state index in [0.717, 1.165) is 8.78 Å². The molecule has 0 aromatic heterocycles. The smallest absolute Gasteiger partial charge is 0.265 e. The minimum Gasteiger partial charge on any atom is -0.397 e. The van der Waals surface area contributed by atoms with Gasteiger partial charge in [0, 0.05) is 11.5 Å². The fraction of sp³-hybridized carbons (Fsp3) is 0.0769. The largest absolute Gasteiger partial charge is 0.397 e. The molecule has 0 bridgehead atoms. The molecule has 0 amide bonds. The minimum absolute atomic E-state index is 0.0477. The maximum absolute atomic E-state index is 12.6. The highest BCUT2D eigenvalue weighted by molar-refractivity contribution is 9.10. The summed E-state index contributed by atoms with van der Waals surface area (Å²) in [6.07, 6.45) is 0. The first-order valence-electron chi connectivity index (χ1n) is 5.62. The van der Waals surface area contributed by atoms with Gasteiger partial charge in [0.15, 0.2) is 0 Å². The highest BCUT2D eigenvalue weighted by atomic mass is 79.9. The zero-order valence-electron chi connectivity index (χ0n) is 10.5. The van der Waals surface area contributed by atoms with Crippen LogP contribution in [0.2, 0.25) is 5.02 Å². The molecule has 2 aromatic carbocycles. The summed E-state index contributed by atoms with van der Waals surface area (Å²) in [6.45, 7) is 0. The molecule has 0 aliphatic carbocycles. The number of sulfonamides is 1. The summed E-state index contributed by atoms with van der Waals surface area (Å²) in [5, 5.41) is 0.176. The molecule has 7 heteroatoms. The van der Waals surface area contributed by atoms with Gasteiger partial charge in [-0.05, 0) is 30.3 Å². The van der Waals surface area contributed by atoms with Crippen molar-refractivity contribution in [3.63, 3.8) is 0 Å². The first kappa shape index (κ1) is 15.2. The van der Waals surface area contributed by atoms with Crippen LogP contribution in [0.4, 0.5) is 11.4 Å². The summed E-state index contributed by atoms with van der Waals surface area (Å²) in [7, 11) is -2.31. The SMILES string of the molecule is CN(c1ccc(Br)cc1N)S(=O)(=O)c1ccccc1Cl. The van der Waals surface area contributed by atoms with Gasteiger partial charge in [0.25, 0.3) is 10.0 Å². The van der Waals surface area contributed by atoms with Gasteiger partial charge in [-0.1, -0.05) is 39.7 Å². The van der Waals surface area contributed by atoms with Crippen LogP contribution < -0.4 is 10.0 Å². The number of benzene rings is 2. The van der Waals surface area contributed by atoms with Gasteiger partial charge in [-0.2, -0.15) is 0 Å². The quantitative estimate of drug-likeness (QED) is 0.835. The number of nitrogen functional groups attached to an aromatic ring is 1. The molecule has 2 aromatic rings. The first-order valence-corrected chi connectivity index (χ1v) is 8.23. The standard InChI is InChI=1S/C13H12BrClN2O2S/c1-17(12-7-6-9(14)8-11(12)16)20(18,19)13-5-3-2-4-10(13)15/h2-8H,16H2,1H3. The van der Waals surface area contributed by atoms with Gasteiger partial charge in [-0.25, -0.2) is 8.42 Å². The van der Waals surface area contributed by atoms with Gasteiger partial charge >= 0.3 is 0 Å². The first-order chi connectivity index (χ1) is 9.34. The number of rotatable bonds is 3. The van der Waals surface area contributed by atoms with E-state index in [1.54, 1.807) is 30.3 Å². The maximum atomic E-state index is 12.6. The molecule has 0 heterocycles. The predicted molar refractivity (Wildman–Crippen MR) is 85.6 cm³/mol. The van der Waals surface area contributed by atoms with E-state index in [0.29, 0.717) is 11.4 Å². The van der Waals surface area contributed by atoms with E-state index in [9.17, 15) is 8.42 Å². The van der Waals surface area contributed by atoms with Gasteiger partial charge in [0.05, 0.1) is 16.4 Å². The molecule has 2 N–H and O–H groups in total. The highest BCUT2D eigenvalue weighted by Gasteiger charge is 2.24. The Bertz CT molecular complexity index is 750. The van der Waals surface area contributed by atoms with Crippen LogP contribution in [0.1, 0.15) is 0 Å². The number of halogens is 2. The summed E-state index contributed by atoms with van der Waals surface area (Å²) < 4.78 is 27.0. The van der Waals surface area contributed by atoms with Crippen molar-refractivity contribution in [3.8, 4) is 0 Å². The fourth-order valence-electron chi connectivity index (χ4n) is 1.74. The topological polar surface area (TPSA) is 63.4 Å². The van der Waals surface area contributed by atoms with Gasteiger partial charge in [0.1, 0.15) is 4.90 Å². The third-order valence-electron chi connectivity index (χ3n) is 2.80. The Hall–Kier alpha value is -1.24. The van der Waals surface area contributed by atoms with Crippen molar-refractivity contribution in [3.05, 3.63) is 52.0 Å². The molecule has 20 heavy (non-hydrogen) atoms. The molecule has 0 aliphatic rings. The Kier molecular flexibility index (Phi) is 4.27. The van der Waals surface area contributed by atoms with Crippen molar-refractivity contribution in [2.45, 2.75) is 4.90 Å². The van der Waals surface area contributed by atoms with Crippen LogP contribution in [0.15, 0.2) is 51.8 Å². The number of hydrogen-bond acceptors (Lipinski definition) is 3. The molecule has 0 saturated carbocycles. The molecule has 0 saturated heterocycles. The number of anilines is 2. The van der Waals surface area contributed by atoms with Crippen LogP contribution in [-0.2, 0) is 10.0 Å². The van der Waals surface area contributed by atoms with Gasteiger partial charge in [-0.15, -0.1) is 0 Å². The lowest BCUT2D eigenvalue weighted by atomic mass is 10.3. The average Bonchev–Trinajstić information content (AvgIpc) is 2.38. The molecule has 2 rings (SSSR count). The zero-order chi connectivity index (χ0) is 14.9. The Labute approximate surface area is 131 Å². The highest BCUT2D eigenvalue weighted by Crippen LogP contribution is 2.31. The summed E-state index contributed by atoms with van der Waals surface area (Å²) >= 11 is 9.24. The molecular formula is C13H12BrClN2O2S. The molecule has 0 radical (unpaired) electrons. The van der Waals surface area contributed by atoms with Crippen molar-refractivity contribution in [1.82, 2.24) is 0 Å². The lowest BCUT2D eigenvalue weighted by Gasteiger charge is -2.21. The second-order valence-corrected chi connectivity index (χ2v) is 7.37. The molecular weight excluding hydrogens is 364 g/mol. The average molecular weight is 376 g/mol. The lowest BCUT2D eigenvalue weighted by Crippen LogP contribution is -2.27. The second-order valence-electron chi connectivity index (χ2n) is 4.11. The maximum Gasteiger partial charge on any atom is 0.265 e. The summed E-state index contributed by atoms with van der Waals surface area (Å²) in [4.78, 5) is 0.0477. The summed E-state index contributed by atoms with van der Waals surface area (Å²) in [5.74, 6) is 0. The van der Waals surface area contributed by atoms with Crippen molar-refractivity contribution in [1.29, 1.82) is 0 Å². The Morgan fingerprint density at radius 1 is 1.20 bits per heavy atom. The lowest BCUT2D eigenvalue weighted by molar-refractivity contribution is 0.594. The number of hydrogen-bond donors (Lipinski definition) is 1. The van der Waals surface area contributed by atoms with Crippen LogP contribution in [0.5, 0.6) is 0 Å². The van der Waals surface area contributed by atoms with Gasteiger partial charge in [-0.3, -0.25) is 4.31 Å². The number of nitrogens with zero attached hydrogens (tertiary/aromatic N) is 1. The van der Waals surface area contributed by atoms with E-state index in [-0.39, 0.29) is 9.92 Å². The molecule has 0 fully saturated rings. The Balaban J connectivity index is 2.52. The van der Waals surface area contributed by atoms with E-state index in [1.165, 1.54) is 19.2 Å². The van der Waals surface area contributed by atoms with E-state index < -0.39 is 10.0 Å². The van der Waals surface area contributed by atoms with E-state index >= 15 is 0 Å². The summed E-state index contributed by atoms with van der Waals surface area (Å²) in [6, 6.07) is 11.3. The molecule has 0 atom stereocenters. The number of nitrogens with two attached hydrogens (primary N) is 1. The van der Waals surface area contributed by atoms with E-state index in [4.69, 9.17) is 17.3 Å². The normalized spacial score (nSPS) is 11.3. The predicted octanol–water partition coefficient (Wildman–Crippen LogP) is 3.51.